The standard InChI is InChI=1S/C7H7NO3.2C6H16NO.BrH/c8-4-1-2-5(7(10)11)6(9)3-4;2*1-4-7(2,3)5-6-8;/h1-3,9H,8H2,(H,10,11);2*8H,4-6H2,1-3H3;1H/q;2*+1;/p-2. The van der Waals surface area contributed by atoms with Gasteiger partial charge in [0.1, 0.15) is 18.8 Å². The molecule has 9 heteroatoms. The van der Waals surface area contributed by atoms with Crippen LogP contribution < -0.4 is 27.8 Å². The second-order valence-electron chi connectivity index (χ2n) is 7.46. The number of carbonyl (C=O) groups is 1. The van der Waals surface area contributed by atoms with Crippen molar-refractivity contribution in [3.05, 3.63) is 23.8 Å². The van der Waals surface area contributed by atoms with Crippen LogP contribution in [0.4, 0.5) is 5.69 Å². The molecule has 8 nitrogen and oxygen atoms in total. The molecule has 0 spiro atoms. The number of quaternary nitrogens is 2. The molecule has 0 aromatic heterocycles. The van der Waals surface area contributed by atoms with Gasteiger partial charge in [-0.05, 0) is 26.0 Å². The Hall–Kier alpha value is -1.39. The number of aliphatic hydroxyl groups is 2. The number of anilines is 1. The highest BCUT2D eigenvalue weighted by Gasteiger charge is 2.09. The first-order valence-electron chi connectivity index (χ1n) is 9.01. The molecule has 28 heavy (non-hydrogen) atoms. The number of hydrogen-bond acceptors (Lipinski definition) is 6. The van der Waals surface area contributed by atoms with Gasteiger partial charge in [0.2, 0.25) is 0 Å². The van der Waals surface area contributed by atoms with E-state index in [2.05, 4.69) is 42.0 Å². The molecule has 0 saturated heterocycles. The summed E-state index contributed by atoms with van der Waals surface area (Å²) in [5.74, 6) is -1.78. The summed E-state index contributed by atoms with van der Waals surface area (Å²) in [6.45, 7) is 8.71. The van der Waals surface area contributed by atoms with Gasteiger partial charge in [0.05, 0.1) is 60.5 Å². The van der Waals surface area contributed by atoms with Gasteiger partial charge in [-0.3, -0.25) is 0 Å². The summed E-state index contributed by atoms with van der Waals surface area (Å²) in [6.07, 6.45) is 0. The van der Waals surface area contributed by atoms with Gasteiger partial charge < -0.3 is 56.9 Å². The number of carboxylic acid groups (broad SMARTS) is 1. The lowest BCUT2D eigenvalue weighted by atomic mass is 10.2. The summed E-state index contributed by atoms with van der Waals surface area (Å²) in [7, 11) is 8.43. The number of nitrogens with two attached hydrogens (primary N) is 1. The Morgan fingerprint density at radius 3 is 1.61 bits per heavy atom. The van der Waals surface area contributed by atoms with Gasteiger partial charge in [0, 0.05) is 17.3 Å². The lowest BCUT2D eigenvalue weighted by Crippen LogP contribution is -3.00. The number of benzene rings is 1. The third-order valence-electron chi connectivity index (χ3n) is 4.36. The molecule has 0 amide bonds. The van der Waals surface area contributed by atoms with Gasteiger partial charge in [-0.1, -0.05) is 0 Å². The number of halogens is 1. The summed E-state index contributed by atoms with van der Waals surface area (Å²) >= 11 is 0. The maximum Gasteiger partial charge on any atom is 0.126 e. The van der Waals surface area contributed by atoms with Crippen LogP contribution in [0.3, 0.4) is 0 Å². The number of aromatic carboxylic acids is 1. The molecule has 0 bridgehead atoms. The van der Waals surface area contributed by atoms with Crippen molar-refractivity contribution in [2.24, 2.45) is 0 Å². The van der Waals surface area contributed by atoms with Crippen molar-refractivity contribution in [1.82, 2.24) is 0 Å². The summed E-state index contributed by atoms with van der Waals surface area (Å²) < 4.78 is 1.83. The molecule has 0 radical (unpaired) electrons. The SMILES string of the molecule is CC[N+](C)(C)CCO.CC[N+](C)(C)CCO.Nc1ccc(C(=O)[O-])c(O)c1.[Br-]. The molecule has 0 saturated carbocycles. The van der Waals surface area contributed by atoms with Crippen molar-refractivity contribution in [2.75, 3.05) is 73.3 Å². The van der Waals surface area contributed by atoms with Crippen LogP contribution in [0.15, 0.2) is 18.2 Å². The minimum absolute atomic E-state index is 0. The maximum atomic E-state index is 10.2. The van der Waals surface area contributed by atoms with E-state index in [1.807, 2.05) is 0 Å². The second kappa shape index (κ2) is 15.5. The predicted molar refractivity (Wildman–Crippen MR) is 106 cm³/mol. The minimum atomic E-state index is -1.41. The van der Waals surface area contributed by atoms with E-state index in [-0.39, 0.29) is 28.3 Å². The van der Waals surface area contributed by atoms with Gasteiger partial charge in [0.15, 0.2) is 0 Å². The van der Waals surface area contributed by atoms with Crippen molar-refractivity contribution in [1.29, 1.82) is 0 Å². The molecule has 0 aliphatic heterocycles. The lowest BCUT2D eigenvalue weighted by molar-refractivity contribution is -0.888. The topological polar surface area (TPSA) is 127 Å². The molecule has 1 aromatic carbocycles. The third kappa shape index (κ3) is 15.6. The highest BCUT2D eigenvalue weighted by atomic mass is 79.9. The predicted octanol–water partition coefficient (Wildman–Crippen LogP) is -3.51. The van der Waals surface area contributed by atoms with Crippen molar-refractivity contribution >= 4 is 11.7 Å². The number of rotatable bonds is 7. The number of hydrogen-bond donors (Lipinski definition) is 4. The van der Waals surface area contributed by atoms with Crippen molar-refractivity contribution in [3.8, 4) is 5.75 Å². The van der Waals surface area contributed by atoms with Gasteiger partial charge in [-0.15, -0.1) is 0 Å². The van der Waals surface area contributed by atoms with Crippen LogP contribution in [0.2, 0.25) is 0 Å². The number of carboxylic acids is 1. The first-order valence-corrected chi connectivity index (χ1v) is 9.01. The summed E-state index contributed by atoms with van der Waals surface area (Å²) in [5.41, 5.74) is 5.32. The number of aromatic hydroxyl groups is 1. The fraction of sp³-hybridized carbons (Fsp3) is 0.632. The summed E-state index contributed by atoms with van der Waals surface area (Å²) in [4.78, 5) is 10.2. The molecule has 0 heterocycles. The zero-order valence-corrected chi connectivity index (χ0v) is 19.6. The Morgan fingerprint density at radius 2 is 1.39 bits per heavy atom. The Labute approximate surface area is 179 Å². The van der Waals surface area contributed by atoms with Gasteiger partial charge in [-0.2, -0.15) is 0 Å². The number of nitrogen functional groups attached to an aromatic ring is 1. The number of likely N-dealkylation sites (N-methyl/N-ethyl adjacent to an activating group) is 2. The smallest absolute Gasteiger partial charge is 0.126 e. The first kappa shape index (κ1) is 31.3. The third-order valence-corrected chi connectivity index (χ3v) is 4.36. The monoisotopic (exact) mass is 467 g/mol. The molecule has 0 fully saturated rings. The van der Waals surface area contributed by atoms with Crippen LogP contribution in [-0.4, -0.2) is 97.8 Å². The van der Waals surface area contributed by atoms with Crippen LogP contribution in [0.25, 0.3) is 0 Å². The van der Waals surface area contributed by atoms with Crippen molar-refractivity contribution < 1.29 is 51.2 Å². The van der Waals surface area contributed by atoms with E-state index < -0.39 is 5.97 Å². The molecular formula is C19H38BrN3O5. The zero-order valence-electron chi connectivity index (χ0n) is 18.0. The normalized spacial score (nSPS) is 10.6. The van der Waals surface area contributed by atoms with E-state index in [1.165, 1.54) is 12.1 Å². The van der Waals surface area contributed by atoms with Crippen LogP contribution in [0.5, 0.6) is 5.75 Å². The zero-order chi connectivity index (χ0) is 21.7. The second-order valence-corrected chi connectivity index (χ2v) is 7.46. The Balaban J connectivity index is -0.000000337. The van der Waals surface area contributed by atoms with E-state index in [9.17, 15) is 9.90 Å². The molecule has 0 aliphatic carbocycles. The minimum Gasteiger partial charge on any atom is -1.00 e. The van der Waals surface area contributed by atoms with Gasteiger partial charge >= 0.3 is 0 Å². The fourth-order valence-electron chi connectivity index (χ4n) is 1.58. The van der Waals surface area contributed by atoms with E-state index in [4.69, 9.17) is 21.1 Å². The average molecular weight is 468 g/mol. The molecule has 166 valence electrons. The number of carbonyl (C=O) groups excluding carboxylic acids is 1. The van der Waals surface area contributed by atoms with Crippen molar-refractivity contribution in [3.63, 3.8) is 0 Å². The lowest BCUT2D eigenvalue weighted by Gasteiger charge is -2.26. The van der Waals surface area contributed by atoms with E-state index in [1.54, 1.807) is 0 Å². The van der Waals surface area contributed by atoms with Gasteiger partial charge in [0.25, 0.3) is 0 Å². The van der Waals surface area contributed by atoms with E-state index in [0.29, 0.717) is 18.9 Å². The quantitative estimate of drug-likeness (QED) is 0.243. The van der Waals surface area contributed by atoms with Crippen molar-refractivity contribution in [2.45, 2.75) is 13.8 Å². The number of aliphatic hydroxyl groups excluding tert-OH is 2. The molecule has 1 rings (SSSR count). The summed E-state index contributed by atoms with van der Waals surface area (Å²) in [6, 6.07) is 3.73. The Kier molecular flexibility index (Phi) is 17.4. The largest absolute Gasteiger partial charge is 1.00 e. The van der Waals surface area contributed by atoms with Gasteiger partial charge in [-0.25, -0.2) is 0 Å². The molecule has 0 unspecified atom stereocenters. The molecule has 0 aliphatic rings. The fourth-order valence-corrected chi connectivity index (χ4v) is 1.58. The summed E-state index contributed by atoms with van der Waals surface area (Å²) in [5, 5.41) is 36.2. The molecule has 0 atom stereocenters. The number of phenols is 1. The van der Waals surface area contributed by atoms with Crippen LogP contribution in [-0.2, 0) is 0 Å². The average Bonchev–Trinajstić information content (AvgIpc) is 2.55. The Bertz CT molecular complexity index is 536. The van der Waals surface area contributed by atoms with E-state index >= 15 is 0 Å². The molecule has 5 N–H and O–H groups in total. The molecular weight excluding hydrogens is 430 g/mol. The van der Waals surface area contributed by atoms with Crippen LogP contribution in [0, 0.1) is 0 Å². The van der Waals surface area contributed by atoms with Crippen LogP contribution >= 0.6 is 0 Å². The highest BCUT2D eigenvalue weighted by Crippen LogP contribution is 2.18. The highest BCUT2D eigenvalue weighted by molar-refractivity contribution is 5.89. The number of nitrogens with zero attached hydrogens (tertiary/aromatic N) is 2. The van der Waals surface area contributed by atoms with E-state index in [0.717, 1.165) is 41.2 Å². The first-order chi connectivity index (χ1) is 12.4. The van der Waals surface area contributed by atoms with Crippen LogP contribution in [0.1, 0.15) is 24.2 Å². The Morgan fingerprint density at radius 1 is 1.00 bits per heavy atom. The maximum absolute atomic E-state index is 10.2. The molecule has 1 aromatic rings.